The summed E-state index contributed by atoms with van der Waals surface area (Å²) in [6, 6.07) is -1.63. The van der Waals surface area contributed by atoms with Crippen molar-refractivity contribution in [3.05, 3.63) is 0 Å². The molecule has 0 radical (unpaired) electrons. The van der Waals surface area contributed by atoms with E-state index in [9.17, 15) is 18.4 Å². The van der Waals surface area contributed by atoms with Crippen molar-refractivity contribution in [2.24, 2.45) is 0 Å². The molecule has 0 saturated carbocycles. The normalized spacial score (nSPS) is 25.8. The Morgan fingerprint density at radius 2 is 1.78 bits per heavy atom. The molecule has 1 aliphatic rings. The predicted octanol–water partition coefficient (Wildman–Crippen LogP) is 3.79. The van der Waals surface area contributed by atoms with Crippen LogP contribution in [0.15, 0.2) is 0 Å². The SMILES string of the molecule is CC(C)OC(=O)N1C(=O)[C@](C)(O[Si](C)(C)C(C)(C)C)[C@@H]1C(F)F. The largest absolute Gasteiger partial charge is 0.446 e. The number of amides is 2. The molecule has 0 spiro atoms. The van der Waals surface area contributed by atoms with Crippen LogP contribution in [0.3, 0.4) is 0 Å². The Bertz CT molecular complexity index is 490. The van der Waals surface area contributed by atoms with Crippen molar-refractivity contribution in [2.45, 2.75) is 83.8 Å². The van der Waals surface area contributed by atoms with Crippen molar-refractivity contribution >= 4 is 20.3 Å². The molecule has 0 aliphatic carbocycles. The molecular formula is C15H27F2NO4Si. The summed E-state index contributed by atoms with van der Waals surface area (Å²) in [5, 5.41) is -0.248. The number of hydrogen-bond donors (Lipinski definition) is 0. The smallest absolute Gasteiger partial charge is 0.417 e. The van der Waals surface area contributed by atoms with Gasteiger partial charge in [0, 0.05) is 0 Å². The molecule has 0 aromatic rings. The molecule has 1 rings (SSSR count). The second-order valence-electron chi connectivity index (χ2n) is 7.86. The van der Waals surface area contributed by atoms with Gasteiger partial charge in [-0.3, -0.25) is 4.79 Å². The van der Waals surface area contributed by atoms with E-state index >= 15 is 0 Å². The zero-order chi connectivity index (χ0) is 18.4. The highest BCUT2D eigenvalue weighted by atomic mass is 28.4. The van der Waals surface area contributed by atoms with Crippen molar-refractivity contribution in [1.82, 2.24) is 4.90 Å². The molecule has 5 nitrogen and oxygen atoms in total. The van der Waals surface area contributed by atoms with Gasteiger partial charge >= 0.3 is 6.09 Å². The first-order valence-electron chi connectivity index (χ1n) is 7.67. The molecule has 23 heavy (non-hydrogen) atoms. The lowest BCUT2D eigenvalue weighted by molar-refractivity contribution is -0.194. The molecule has 134 valence electrons. The van der Waals surface area contributed by atoms with Crippen LogP contribution in [0, 0.1) is 0 Å². The Kier molecular flexibility index (Phi) is 5.33. The van der Waals surface area contributed by atoms with Gasteiger partial charge in [-0.15, -0.1) is 0 Å². The highest BCUT2D eigenvalue weighted by molar-refractivity contribution is 6.74. The third-order valence-corrected chi connectivity index (χ3v) is 9.08. The number of imide groups is 1. The summed E-state index contributed by atoms with van der Waals surface area (Å²) in [7, 11) is -2.47. The predicted molar refractivity (Wildman–Crippen MR) is 84.9 cm³/mol. The van der Waals surface area contributed by atoms with Crippen molar-refractivity contribution < 1.29 is 27.5 Å². The Morgan fingerprint density at radius 1 is 1.30 bits per heavy atom. The van der Waals surface area contributed by atoms with Crippen LogP contribution >= 0.6 is 0 Å². The number of carbonyl (C=O) groups is 2. The van der Waals surface area contributed by atoms with Crippen LogP contribution in [-0.4, -0.2) is 49.4 Å². The maximum absolute atomic E-state index is 13.5. The van der Waals surface area contributed by atoms with E-state index in [-0.39, 0.29) is 5.04 Å². The summed E-state index contributed by atoms with van der Waals surface area (Å²) in [5.41, 5.74) is -1.70. The third-order valence-electron chi connectivity index (χ3n) is 4.53. The number of β-lactam (4-membered cyclic amide) rings is 1. The Hall–Kier alpha value is -1.02. The van der Waals surface area contributed by atoms with E-state index in [2.05, 4.69) is 0 Å². The van der Waals surface area contributed by atoms with Gasteiger partial charge in [0.15, 0.2) is 13.9 Å². The lowest BCUT2D eigenvalue weighted by Gasteiger charge is -2.55. The molecule has 0 N–H and O–H groups in total. The van der Waals surface area contributed by atoms with Crippen LogP contribution in [-0.2, 0) is 14.0 Å². The Labute approximate surface area is 137 Å². The van der Waals surface area contributed by atoms with Crippen molar-refractivity contribution in [3.8, 4) is 0 Å². The lowest BCUT2D eigenvalue weighted by Crippen LogP contribution is -2.79. The number of nitrogens with zero attached hydrogens (tertiary/aromatic N) is 1. The van der Waals surface area contributed by atoms with Gasteiger partial charge in [-0.05, 0) is 38.9 Å². The zero-order valence-corrected chi connectivity index (χ0v) is 16.1. The van der Waals surface area contributed by atoms with E-state index in [1.807, 2.05) is 33.9 Å². The van der Waals surface area contributed by atoms with Crippen LogP contribution < -0.4 is 0 Å². The van der Waals surface area contributed by atoms with Crippen LogP contribution in [0.2, 0.25) is 18.1 Å². The van der Waals surface area contributed by atoms with Crippen molar-refractivity contribution in [1.29, 1.82) is 0 Å². The van der Waals surface area contributed by atoms with Gasteiger partial charge in [0.05, 0.1) is 6.10 Å². The van der Waals surface area contributed by atoms with Gasteiger partial charge in [0.1, 0.15) is 6.04 Å². The first kappa shape index (κ1) is 20.0. The number of carbonyl (C=O) groups excluding carboxylic acids is 2. The van der Waals surface area contributed by atoms with E-state index < -0.39 is 44.5 Å². The summed E-state index contributed by atoms with van der Waals surface area (Å²) in [6.07, 6.45) is -4.45. The van der Waals surface area contributed by atoms with Gasteiger partial charge in [-0.1, -0.05) is 20.8 Å². The maximum Gasteiger partial charge on any atom is 0.417 e. The Morgan fingerprint density at radius 3 is 2.13 bits per heavy atom. The minimum absolute atomic E-state index is 0.248. The molecule has 2 atom stereocenters. The molecule has 0 aromatic heterocycles. The van der Waals surface area contributed by atoms with Crippen LogP contribution in [0.1, 0.15) is 41.5 Å². The summed E-state index contributed by atoms with van der Waals surface area (Å²) in [6.45, 7) is 14.1. The first-order valence-corrected chi connectivity index (χ1v) is 10.6. The number of halogens is 2. The fourth-order valence-corrected chi connectivity index (χ4v) is 3.84. The summed E-state index contributed by atoms with van der Waals surface area (Å²) in [5.74, 6) is -0.765. The number of ether oxygens (including phenoxy) is 1. The first-order chi connectivity index (χ1) is 10.1. The minimum atomic E-state index is -2.90. The molecule has 1 fully saturated rings. The summed E-state index contributed by atoms with van der Waals surface area (Å²) >= 11 is 0. The fraction of sp³-hybridized carbons (Fsp3) is 0.867. The van der Waals surface area contributed by atoms with E-state index in [1.54, 1.807) is 13.8 Å². The summed E-state index contributed by atoms with van der Waals surface area (Å²) in [4.78, 5) is 24.8. The molecule has 0 unspecified atom stereocenters. The van der Waals surface area contributed by atoms with Gasteiger partial charge in [0.2, 0.25) is 0 Å². The average Bonchev–Trinajstić information content (AvgIpc) is 2.31. The highest BCUT2D eigenvalue weighted by Gasteiger charge is 2.67. The maximum atomic E-state index is 13.5. The molecule has 8 heteroatoms. The molecule has 0 bridgehead atoms. The fourth-order valence-electron chi connectivity index (χ4n) is 2.27. The minimum Gasteiger partial charge on any atom is -0.446 e. The number of hydrogen-bond acceptors (Lipinski definition) is 4. The molecule has 1 aliphatic heterocycles. The number of likely N-dealkylation sites (tertiary alicyclic amines) is 1. The van der Waals surface area contributed by atoms with E-state index in [0.717, 1.165) is 0 Å². The molecule has 1 heterocycles. The standard InChI is InChI=1S/C15H27F2NO4Si/c1-9(2)21-13(20)18-10(11(16)17)15(6,12(18)19)22-23(7,8)14(3,4)5/h9-11H,1-8H3/t10-,15+/m0/s1. The lowest BCUT2D eigenvalue weighted by atomic mass is 9.84. The molecule has 1 saturated heterocycles. The number of alkyl halides is 2. The topological polar surface area (TPSA) is 55.8 Å². The highest BCUT2D eigenvalue weighted by Crippen LogP contribution is 2.46. The third kappa shape index (κ3) is 3.57. The van der Waals surface area contributed by atoms with Gasteiger partial charge in [-0.25, -0.2) is 18.5 Å². The van der Waals surface area contributed by atoms with E-state index in [0.29, 0.717) is 4.90 Å². The van der Waals surface area contributed by atoms with Gasteiger partial charge in [-0.2, -0.15) is 0 Å². The second kappa shape index (κ2) is 6.12. The van der Waals surface area contributed by atoms with Gasteiger partial charge in [0.25, 0.3) is 12.3 Å². The Balaban J connectivity index is 3.08. The summed E-state index contributed by atoms with van der Waals surface area (Å²) < 4.78 is 37.8. The molecule has 2 amide bonds. The van der Waals surface area contributed by atoms with Gasteiger partial charge < -0.3 is 9.16 Å². The average molecular weight is 351 g/mol. The monoisotopic (exact) mass is 351 g/mol. The zero-order valence-electron chi connectivity index (χ0n) is 15.1. The van der Waals surface area contributed by atoms with E-state index in [1.165, 1.54) is 6.92 Å². The quantitative estimate of drug-likeness (QED) is 0.571. The van der Waals surface area contributed by atoms with Crippen molar-refractivity contribution in [3.63, 3.8) is 0 Å². The van der Waals surface area contributed by atoms with Crippen LogP contribution in [0.25, 0.3) is 0 Å². The van der Waals surface area contributed by atoms with Crippen LogP contribution in [0.5, 0.6) is 0 Å². The van der Waals surface area contributed by atoms with Crippen LogP contribution in [0.4, 0.5) is 13.6 Å². The van der Waals surface area contributed by atoms with Crippen molar-refractivity contribution in [2.75, 3.05) is 0 Å². The molecule has 0 aromatic carbocycles. The molecular weight excluding hydrogens is 324 g/mol. The second-order valence-corrected chi connectivity index (χ2v) is 12.6. The number of rotatable bonds is 4. The van der Waals surface area contributed by atoms with E-state index in [4.69, 9.17) is 9.16 Å².